The molecule has 0 fully saturated rings. The zero-order valence-electron chi connectivity index (χ0n) is 15.6. The largest absolute Gasteiger partial charge is 0.497 e. The van der Waals surface area contributed by atoms with Crippen molar-refractivity contribution in [3.8, 4) is 11.5 Å². The van der Waals surface area contributed by atoms with E-state index in [1.54, 1.807) is 19.2 Å². The summed E-state index contributed by atoms with van der Waals surface area (Å²) in [5.41, 5.74) is 0.950. The van der Waals surface area contributed by atoms with Crippen LogP contribution in [0.25, 0.3) is 0 Å². The molecule has 0 radical (unpaired) electrons. The molecule has 8 heteroatoms. The highest BCUT2D eigenvalue weighted by atomic mass is 19.2. The van der Waals surface area contributed by atoms with Crippen molar-refractivity contribution in [3.05, 3.63) is 78.1 Å². The molecule has 2 N–H and O–H groups in total. The summed E-state index contributed by atoms with van der Waals surface area (Å²) in [6, 6.07) is 13.6. The van der Waals surface area contributed by atoms with Crippen molar-refractivity contribution in [2.24, 2.45) is 0 Å². The number of ether oxygens (including phenoxy) is 2. The normalized spacial score (nSPS) is 10.3. The van der Waals surface area contributed by atoms with Crippen molar-refractivity contribution in [2.45, 2.75) is 0 Å². The molecule has 3 rings (SSSR count). The van der Waals surface area contributed by atoms with E-state index < -0.39 is 17.5 Å². The lowest BCUT2D eigenvalue weighted by atomic mass is 10.2. The molecule has 3 aromatic rings. The predicted molar refractivity (Wildman–Crippen MR) is 106 cm³/mol. The molecular formula is C21H19F2N3O3. The van der Waals surface area contributed by atoms with E-state index in [1.807, 2.05) is 24.3 Å². The van der Waals surface area contributed by atoms with Gasteiger partial charge in [0.2, 0.25) is 0 Å². The fourth-order valence-corrected chi connectivity index (χ4v) is 2.47. The average Bonchev–Trinajstić information content (AvgIpc) is 2.74. The number of carbonyl (C=O) groups excluding carboxylic acids is 1. The molecule has 2 aromatic carbocycles. The summed E-state index contributed by atoms with van der Waals surface area (Å²) in [6.45, 7) is 0.908. The number of carbonyl (C=O) groups is 1. The summed E-state index contributed by atoms with van der Waals surface area (Å²) in [5.74, 6) is -1.09. The second-order valence-electron chi connectivity index (χ2n) is 5.96. The Morgan fingerprint density at radius 3 is 2.45 bits per heavy atom. The summed E-state index contributed by atoms with van der Waals surface area (Å²) in [4.78, 5) is 16.3. The van der Waals surface area contributed by atoms with Crippen LogP contribution in [0.3, 0.4) is 0 Å². The van der Waals surface area contributed by atoms with Crippen molar-refractivity contribution >= 4 is 17.3 Å². The van der Waals surface area contributed by atoms with E-state index in [4.69, 9.17) is 9.47 Å². The number of pyridine rings is 1. The smallest absolute Gasteiger partial charge is 0.274 e. The van der Waals surface area contributed by atoms with E-state index in [2.05, 4.69) is 15.6 Å². The van der Waals surface area contributed by atoms with Crippen LogP contribution in [0.2, 0.25) is 0 Å². The summed E-state index contributed by atoms with van der Waals surface area (Å²) in [6.07, 6.45) is 1.48. The van der Waals surface area contributed by atoms with Gasteiger partial charge in [0.05, 0.1) is 7.11 Å². The van der Waals surface area contributed by atoms with Gasteiger partial charge in [-0.3, -0.25) is 9.78 Å². The van der Waals surface area contributed by atoms with Crippen LogP contribution in [0, 0.1) is 11.6 Å². The Labute approximate surface area is 166 Å². The van der Waals surface area contributed by atoms with Gasteiger partial charge in [0, 0.05) is 30.2 Å². The highest BCUT2D eigenvalue weighted by Gasteiger charge is 2.10. The Morgan fingerprint density at radius 2 is 1.72 bits per heavy atom. The molecule has 0 spiro atoms. The lowest BCUT2D eigenvalue weighted by Crippen LogP contribution is -2.15. The number of halogens is 2. The van der Waals surface area contributed by atoms with Crippen LogP contribution in [0.15, 0.2) is 60.8 Å². The first-order valence-corrected chi connectivity index (χ1v) is 8.78. The lowest BCUT2D eigenvalue weighted by molar-refractivity contribution is 0.102. The lowest BCUT2D eigenvalue weighted by Gasteiger charge is -2.10. The quantitative estimate of drug-likeness (QED) is 0.558. The Bertz CT molecular complexity index is 981. The number of nitrogens with one attached hydrogen (secondary N) is 2. The first-order valence-electron chi connectivity index (χ1n) is 8.78. The number of anilines is 2. The van der Waals surface area contributed by atoms with Crippen LogP contribution >= 0.6 is 0 Å². The first kappa shape index (κ1) is 20.1. The van der Waals surface area contributed by atoms with Crippen LogP contribution in [0.4, 0.5) is 20.2 Å². The minimum Gasteiger partial charge on any atom is -0.497 e. The number of nitrogens with zero attached hydrogens (tertiary/aromatic N) is 1. The van der Waals surface area contributed by atoms with Crippen LogP contribution in [-0.4, -0.2) is 31.2 Å². The van der Waals surface area contributed by atoms with Crippen LogP contribution < -0.4 is 20.1 Å². The Kier molecular flexibility index (Phi) is 6.57. The number of hydrogen-bond acceptors (Lipinski definition) is 5. The van der Waals surface area contributed by atoms with E-state index in [0.29, 0.717) is 24.6 Å². The SMILES string of the molecule is COc1ccc(OCCNc2ccnc(C(=O)Nc3ccc(F)c(F)c3)c2)cc1. The van der Waals surface area contributed by atoms with Gasteiger partial charge in [0.15, 0.2) is 11.6 Å². The zero-order valence-corrected chi connectivity index (χ0v) is 15.6. The van der Waals surface area contributed by atoms with Crippen molar-refractivity contribution in [3.63, 3.8) is 0 Å². The molecule has 0 unspecified atom stereocenters. The maximum atomic E-state index is 13.3. The van der Waals surface area contributed by atoms with E-state index in [-0.39, 0.29) is 11.4 Å². The molecule has 29 heavy (non-hydrogen) atoms. The molecule has 1 heterocycles. The number of rotatable bonds is 8. The van der Waals surface area contributed by atoms with Crippen LogP contribution in [0.5, 0.6) is 11.5 Å². The van der Waals surface area contributed by atoms with Gasteiger partial charge in [-0.2, -0.15) is 0 Å². The second-order valence-corrected chi connectivity index (χ2v) is 5.96. The van der Waals surface area contributed by atoms with E-state index in [1.165, 1.54) is 12.3 Å². The van der Waals surface area contributed by atoms with Gasteiger partial charge >= 0.3 is 0 Å². The number of amides is 1. The first-order chi connectivity index (χ1) is 14.0. The van der Waals surface area contributed by atoms with Crippen LogP contribution in [-0.2, 0) is 0 Å². The molecule has 150 valence electrons. The third-order valence-electron chi connectivity index (χ3n) is 3.93. The van der Waals surface area contributed by atoms with Gasteiger partial charge in [-0.1, -0.05) is 0 Å². The maximum absolute atomic E-state index is 13.3. The summed E-state index contributed by atoms with van der Waals surface area (Å²) < 4.78 is 37.0. The van der Waals surface area contributed by atoms with Gasteiger partial charge in [-0.05, 0) is 48.5 Å². The van der Waals surface area contributed by atoms with E-state index >= 15 is 0 Å². The fraction of sp³-hybridized carbons (Fsp3) is 0.143. The molecule has 1 amide bonds. The highest BCUT2D eigenvalue weighted by Crippen LogP contribution is 2.17. The van der Waals surface area contributed by atoms with Gasteiger partial charge < -0.3 is 20.1 Å². The maximum Gasteiger partial charge on any atom is 0.274 e. The summed E-state index contributed by atoms with van der Waals surface area (Å²) >= 11 is 0. The predicted octanol–water partition coefficient (Wildman–Crippen LogP) is 4.11. The number of methoxy groups -OCH3 is 1. The molecule has 0 aliphatic heterocycles. The molecule has 1 aromatic heterocycles. The highest BCUT2D eigenvalue weighted by molar-refractivity contribution is 6.03. The molecule has 0 atom stereocenters. The summed E-state index contributed by atoms with van der Waals surface area (Å²) in [5, 5.41) is 5.61. The summed E-state index contributed by atoms with van der Waals surface area (Å²) in [7, 11) is 1.60. The Morgan fingerprint density at radius 1 is 0.966 bits per heavy atom. The standard InChI is InChI=1S/C21H19F2N3O3/c1-28-16-3-5-17(6-4-16)29-11-10-24-14-8-9-25-20(13-14)21(27)26-15-2-7-18(22)19(23)12-15/h2-9,12-13H,10-11H2,1H3,(H,24,25)(H,26,27). The van der Waals surface area contributed by atoms with Gasteiger partial charge in [-0.15, -0.1) is 0 Å². The zero-order chi connectivity index (χ0) is 20.6. The third kappa shape index (κ3) is 5.65. The molecule has 0 aliphatic rings. The monoisotopic (exact) mass is 399 g/mol. The van der Waals surface area contributed by atoms with Gasteiger partial charge in [0.25, 0.3) is 5.91 Å². The van der Waals surface area contributed by atoms with E-state index in [0.717, 1.165) is 17.9 Å². The molecule has 0 aliphatic carbocycles. The molecular weight excluding hydrogens is 380 g/mol. The van der Waals surface area contributed by atoms with Crippen molar-refractivity contribution in [1.82, 2.24) is 4.98 Å². The van der Waals surface area contributed by atoms with Gasteiger partial charge in [-0.25, -0.2) is 8.78 Å². The minimum absolute atomic E-state index is 0.135. The molecule has 0 saturated carbocycles. The number of hydrogen-bond donors (Lipinski definition) is 2. The number of benzene rings is 2. The second kappa shape index (κ2) is 9.50. The van der Waals surface area contributed by atoms with Crippen molar-refractivity contribution < 1.29 is 23.0 Å². The number of aromatic nitrogens is 1. The van der Waals surface area contributed by atoms with Gasteiger partial charge in [0.1, 0.15) is 23.8 Å². The molecule has 0 saturated heterocycles. The Balaban J connectivity index is 1.51. The topological polar surface area (TPSA) is 72.5 Å². The third-order valence-corrected chi connectivity index (χ3v) is 3.93. The fourth-order valence-electron chi connectivity index (χ4n) is 2.47. The van der Waals surface area contributed by atoms with Crippen molar-refractivity contribution in [1.29, 1.82) is 0 Å². The van der Waals surface area contributed by atoms with E-state index in [9.17, 15) is 13.6 Å². The molecule has 6 nitrogen and oxygen atoms in total. The van der Waals surface area contributed by atoms with Crippen molar-refractivity contribution in [2.75, 3.05) is 30.9 Å². The minimum atomic E-state index is -1.04. The van der Waals surface area contributed by atoms with Crippen LogP contribution in [0.1, 0.15) is 10.5 Å². The molecule has 0 bridgehead atoms. The Hall–Kier alpha value is -3.68. The average molecular weight is 399 g/mol.